The SMILES string of the molecule is CSCC(C)NCc1ccc(I)cc1. The second-order valence-corrected chi connectivity index (χ2v) is 5.52. The van der Waals surface area contributed by atoms with Crippen LogP contribution in [0.15, 0.2) is 24.3 Å². The van der Waals surface area contributed by atoms with Gasteiger partial charge in [-0.15, -0.1) is 0 Å². The van der Waals surface area contributed by atoms with E-state index in [0.717, 1.165) is 6.54 Å². The Kier molecular flexibility index (Phi) is 5.89. The summed E-state index contributed by atoms with van der Waals surface area (Å²) < 4.78 is 1.29. The summed E-state index contributed by atoms with van der Waals surface area (Å²) in [6.07, 6.45) is 2.14. The highest BCUT2D eigenvalue weighted by Gasteiger charge is 1.99. The van der Waals surface area contributed by atoms with E-state index >= 15 is 0 Å². The molecular formula is C11H16INS. The lowest BCUT2D eigenvalue weighted by Crippen LogP contribution is -2.27. The molecule has 0 amide bonds. The van der Waals surface area contributed by atoms with Crippen LogP contribution in [0.1, 0.15) is 12.5 Å². The third kappa shape index (κ3) is 4.66. The van der Waals surface area contributed by atoms with Crippen molar-refractivity contribution in [2.75, 3.05) is 12.0 Å². The molecule has 1 nitrogen and oxygen atoms in total. The summed E-state index contributed by atoms with van der Waals surface area (Å²) in [6.45, 7) is 3.20. The average molecular weight is 321 g/mol. The zero-order valence-electron chi connectivity index (χ0n) is 8.59. The van der Waals surface area contributed by atoms with Gasteiger partial charge in [-0.3, -0.25) is 0 Å². The smallest absolute Gasteiger partial charge is 0.0208 e. The quantitative estimate of drug-likeness (QED) is 0.836. The van der Waals surface area contributed by atoms with E-state index in [0.29, 0.717) is 6.04 Å². The zero-order chi connectivity index (χ0) is 10.4. The highest BCUT2D eigenvalue weighted by Crippen LogP contribution is 2.07. The molecule has 78 valence electrons. The fraction of sp³-hybridized carbons (Fsp3) is 0.455. The lowest BCUT2D eigenvalue weighted by atomic mass is 10.2. The highest BCUT2D eigenvalue weighted by atomic mass is 127. The Morgan fingerprint density at radius 3 is 2.57 bits per heavy atom. The summed E-state index contributed by atoms with van der Waals surface area (Å²) in [5, 5.41) is 3.50. The van der Waals surface area contributed by atoms with E-state index in [1.54, 1.807) is 0 Å². The molecule has 14 heavy (non-hydrogen) atoms. The molecule has 0 aliphatic heterocycles. The first kappa shape index (κ1) is 12.3. The molecule has 0 radical (unpaired) electrons. The van der Waals surface area contributed by atoms with Gasteiger partial charge >= 0.3 is 0 Å². The van der Waals surface area contributed by atoms with E-state index in [1.165, 1.54) is 14.9 Å². The van der Waals surface area contributed by atoms with Crippen LogP contribution in [-0.2, 0) is 6.54 Å². The Balaban J connectivity index is 2.34. The number of benzene rings is 1. The molecule has 0 aliphatic carbocycles. The van der Waals surface area contributed by atoms with Gasteiger partial charge in [-0.05, 0) is 53.5 Å². The molecule has 1 aromatic rings. The first-order chi connectivity index (χ1) is 6.72. The predicted octanol–water partition coefficient (Wildman–Crippen LogP) is 3.13. The van der Waals surface area contributed by atoms with Gasteiger partial charge in [0.1, 0.15) is 0 Å². The standard InChI is InChI=1S/C11H16INS/c1-9(8-14-2)13-7-10-3-5-11(12)6-4-10/h3-6,9,13H,7-8H2,1-2H3. The summed E-state index contributed by atoms with van der Waals surface area (Å²) in [7, 11) is 0. The van der Waals surface area contributed by atoms with Crippen molar-refractivity contribution in [3.8, 4) is 0 Å². The van der Waals surface area contributed by atoms with Crippen LogP contribution < -0.4 is 5.32 Å². The van der Waals surface area contributed by atoms with Crippen molar-refractivity contribution < 1.29 is 0 Å². The van der Waals surface area contributed by atoms with E-state index < -0.39 is 0 Å². The maximum atomic E-state index is 3.50. The van der Waals surface area contributed by atoms with Gasteiger partial charge in [0.15, 0.2) is 0 Å². The van der Waals surface area contributed by atoms with Gasteiger partial charge in [0, 0.05) is 21.9 Å². The lowest BCUT2D eigenvalue weighted by molar-refractivity contribution is 0.596. The molecule has 0 bridgehead atoms. The Labute approximate surface area is 104 Å². The molecular weight excluding hydrogens is 305 g/mol. The van der Waals surface area contributed by atoms with Crippen LogP contribution in [0.4, 0.5) is 0 Å². The molecule has 1 N–H and O–H groups in total. The Morgan fingerprint density at radius 1 is 1.36 bits per heavy atom. The largest absolute Gasteiger partial charge is 0.309 e. The normalized spacial score (nSPS) is 12.8. The number of thioether (sulfide) groups is 1. The number of halogens is 1. The average Bonchev–Trinajstić information content (AvgIpc) is 2.17. The fourth-order valence-corrected chi connectivity index (χ4v) is 2.18. The summed E-state index contributed by atoms with van der Waals surface area (Å²) >= 11 is 4.21. The maximum absolute atomic E-state index is 3.50. The monoisotopic (exact) mass is 321 g/mol. The minimum absolute atomic E-state index is 0.587. The first-order valence-corrected chi connectivity index (χ1v) is 7.16. The molecule has 3 heteroatoms. The van der Waals surface area contributed by atoms with Gasteiger partial charge in [0.2, 0.25) is 0 Å². The third-order valence-electron chi connectivity index (χ3n) is 1.98. The van der Waals surface area contributed by atoms with Crippen molar-refractivity contribution in [1.82, 2.24) is 5.32 Å². The van der Waals surface area contributed by atoms with Crippen LogP contribution in [-0.4, -0.2) is 18.1 Å². The van der Waals surface area contributed by atoms with Gasteiger partial charge in [-0.2, -0.15) is 11.8 Å². The van der Waals surface area contributed by atoms with E-state index in [1.807, 2.05) is 11.8 Å². The number of hydrogen-bond donors (Lipinski definition) is 1. The van der Waals surface area contributed by atoms with Crippen molar-refractivity contribution in [1.29, 1.82) is 0 Å². The molecule has 0 fully saturated rings. The van der Waals surface area contributed by atoms with Crippen molar-refractivity contribution >= 4 is 34.4 Å². The molecule has 1 unspecified atom stereocenters. The Morgan fingerprint density at radius 2 is 2.00 bits per heavy atom. The Bertz CT molecular complexity index is 260. The minimum atomic E-state index is 0.587. The first-order valence-electron chi connectivity index (χ1n) is 4.69. The molecule has 0 heterocycles. The highest BCUT2D eigenvalue weighted by molar-refractivity contribution is 14.1. The molecule has 1 atom stereocenters. The van der Waals surface area contributed by atoms with Crippen molar-refractivity contribution in [3.05, 3.63) is 33.4 Å². The van der Waals surface area contributed by atoms with Gasteiger partial charge in [0.05, 0.1) is 0 Å². The summed E-state index contributed by atoms with van der Waals surface area (Å²) in [4.78, 5) is 0. The van der Waals surface area contributed by atoms with Gasteiger partial charge < -0.3 is 5.32 Å². The van der Waals surface area contributed by atoms with E-state index in [-0.39, 0.29) is 0 Å². The van der Waals surface area contributed by atoms with Crippen LogP contribution in [0.3, 0.4) is 0 Å². The number of nitrogens with one attached hydrogen (secondary N) is 1. The lowest BCUT2D eigenvalue weighted by Gasteiger charge is -2.12. The third-order valence-corrected chi connectivity index (χ3v) is 3.54. The van der Waals surface area contributed by atoms with Crippen LogP contribution in [0.5, 0.6) is 0 Å². The molecule has 0 aromatic heterocycles. The second-order valence-electron chi connectivity index (χ2n) is 3.36. The van der Waals surface area contributed by atoms with Gasteiger partial charge in [-0.25, -0.2) is 0 Å². The van der Waals surface area contributed by atoms with Gasteiger partial charge in [-0.1, -0.05) is 12.1 Å². The van der Waals surface area contributed by atoms with Crippen LogP contribution in [0, 0.1) is 3.57 Å². The zero-order valence-corrected chi connectivity index (χ0v) is 11.6. The number of rotatable bonds is 5. The van der Waals surface area contributed by atoms with E-state index in [4.69, 9.17) is 0 Å². The van der Waals surface area contributed by atoms with Crippen LogP contribution >= 0.6 is 34.4 Å². The van der Waals surface area contributed by atoms with Crippen LogP contribution in [0.2, 0.25) is 0 Å². The van der Waals surface area contributed by atoms with E-state index in [9.17, 15) is 0 Å². The molecule has 0 aliphatic rings. The molecule has 0 saturated heterocycles. The fourth-order valence-electron chi connectivity index (χ4n) is 1.20. The van der Waals surface area contributed by atoms with E-state index in [2.05, 4.69) is 65.4 Å². The summed E-state index contributed by atoms with van der Waals surface area (Å²) in [6, 6.07) is 9.25. The molecule has 0 saturated carbocycles. The summed E-state index contributed by atoms with van der Waals surface area (Å²) in [5.41, 5.74) is 1.36. The second kappa shape index (κ2) is 6.69. The van der Waals surface area contributed by atoms with Crippen LogP contribution in [0.25, 0.3) is 0 Å². The molecule has 0 spiro atoms. The molecule has 1 rings (SSSR count). The van der Waals surface area contributed by atoms with Gasteiger partial charge in [0.25, 0.3) is 0 Å². The topological polar surface area (TPSA) is 12.0 Å². The Hall–Kier alpha value is 0.260. The summed E-state index contributed by atoms with van der Waals surface area (Å²) in [5.74, 6) is 1.17. The number of hydrogen-bond acceptors (Lipinski definition) is 2. The molecule has 1 aromatic carbocycles. The minimum Gasteiger partial charge on any atom is -0.309 e. The van der Waals surface area contributed by atoms with Crippen molar-refractivity contribution in [2.24, 2.45) is 0 Å². The maximum Gasteiger partial charge on any atom is 0.0208 e. The van der Waals surface area contributed by atoms with Crippen molar-refractivity contribution in [3.63, 3.8) is 0 Å². The predicted molar refractivity (Wildman–Crippen MR) is 73.8 cm³/mol. The van der Waals surface area contributed by atoms with Crippen molar-refractivity contribution in [2.45, 2.75) is 19.5 Å².